The van der Waals surface area contributed by atoms with E-state index >= 15 is 0 Å². The lowest BCUT2D eigenvalue weighted by Crippen LogP contribution is -2.25. The lowest BCUT2D eigenvalue weighted by molar-refractivity contribution is 0.0940. The standard InChI is InChI=1S/C20H18FN5O3/c1-29-18-9-14(3-7-24-18)19(27)26-11-15-8-13(2-6-23-15)10-25-20(28)16-4-5-22-12-17(16)21/h2-9,12H,10-11H2,1H3,(H,25,28)(H,26,27). The fraction of sp³-hybridized carbons (Fsp3) is 0.150. The van der Waals surface area contributed by atoms with E-state index in [-0.39, 0.29) is 24.6 Å². The molecule has 0 saturated heterocycles. The average molecular weight is 395 g/mol. The Morgan fingerprint density at radius 2 is 1.79 bits per heavy atom. The van der Waals surface area contributed by atoms with Gasteiger partial charge in [-0.05, 0) is 29.8 Å². The Labute approximate surface area is 166 Å². The molecule has 3 aromatic heterocycles. The second-order valence-corrected chi connectivity index (χ2v) is 5.96. The number of aromatic nitrogens is 3. The van der Waals surface area contributed by atoms with Crippen molar-refractivity contribution in [1.82, 2.24) is 25.6 Å². The van der Waals surface area contributed by atoms with E-state index in [9.17, 15) is 14.0 Å². The van der Waals surface area contributed by atoms with Gasteiger partial charge in [0.25, 0.3) is 11.8 Å². The number of carbonyl (C=O) groups excluding carboxylic acids is 2. The molecular weight excluding hydrogens is 377 g/mol. The van der Waals surface area contributed by atoms with Crippen molar-refractivity contribution in [3.63, 3.8) is 0 Å². The van der Waals surface area contributed by atoms with Crippen LogP contribution in [0.4, 0.5) is 4.39 Å². The molecule has 0 aliphatic carbocycles. The van der Waals surface area contributed by atoms with Gasteiger partial charge in [-0.1, -0.05) is 0 Å². The minimum absolute atomic E-state index is 0.0747. The molecule has 148 valence electrons. The van der Waals surface area contributed by atoms with Crippen LogP contribution in [0, 0.1) is 5.82 Å². The number of hydrogen-bond acceptors (Lipinski definition) is 6. The van der Waals surface area contributed by atoms with Crippen molar-refractivity contribution in [3.8, 4) is 5.88 Å². The maximum absolute atomic E-state index is 13.6. The van der Waals surface area contributed by atoms with Gasteiger partial charge in [-0.25, -0.2) is 9.37 Å². The zero-order valence-corrected chi connectivity index (χ0v) is 15.6. The van der Waals surface area contributed by atoms with Crippen molar-refractivity contribution >= 4 is 11.8 Å². The molecule has 3 heterocycles. The molecule has 0 aliphatic rings. The molecule has 8 nitrogen and oxygen atoms in total. The van der Waals surface area contributed by atoms with E-state index in [1.165, 1.54) is 31.6 Å². The van der Waals surface area contributed by atoms with E-state index in [0.29, 0.717) is 17.1 Å². The molecule has 0 bridgehead atoms. The zero-order valence-electron chi connectivity index (χ0n) is 15.6. The Bertz CT molecular complexity index is 1030. The van der Waals surface area contributed by atoms with Gasteiger partial charge in [0.05, 0.1) is 31.1 Å². The topological polar surface area (TPSA) is 106 Å². The molecular formula is C20H18FN5O3. The first kappa shape index (κ1) is 19.9. The van der Waals surface area contributed by atoms with Crippen molar-refractivity contribution in [1.29, 1.82) is 0 Å². The van der Waals surface area contributed by atoms with Gasteiger partial charge in [0.1, 0.15) is 0 Å². The molecule has 0 aromatic carbocycles. The number of pyridine rings is 3. The number of rotatable bonds is 7. The van der Waals surface area contributed by atoms with Crippen LogP contribution in [0.1, 0.15) is 32.0 Å². The summed E-state index contributed by atoms with van der Waals surface area (Å²) in [7, 11) is 1.47. The Kier molecular flexibility index (Phi) is 6.41. The smallest absolute Gasteiger partial charge is 0.254 e. The minimum atomic E-state index is -0.684. The number of amides is 2. The predicted molar refractivity (Wildman–Crippen MR) is 102 cm³/mol. The van der Waals surface area contributed by atoms with Crippen molar-refractivity contribution in [2.24, 2.45) is 0 Å². The third kappa shape index (κ3) is 5.32. The van der Waals surface area contributed by atoms with Gasteiger partial charge in [-0.3, -0.25) is 19.6 Å². The lowest BCUT2D eigenvalue weighted by Gasteiger charge is -2.09. The summed E-state index contributed by atoms with van der Waals surface area (Å²) < 4.78 is 18.6. The van der Waals surface area contributed by atoms with Crippen LogP contribution in [0.15, 0.2) is 55.1 Å². The average Bonchev–Trinajstić information content (AvgIpc) is 2.76. The summed E-state index contributed by atoms with van der Waals surface area (Å²) in [5.41, 5.74) is 1.72. The van der Waals surface area contributed by atoms with Gasteiger partial charge in [-0.15, -0.1) is 0 Å². The largest absolute Gasteiger partial charge is 0.481 e. The fourth-order valence-corrected chi connectivity index (χ4v) is 2.51. The first-order valence-corrected chi connectivity index (χ1v) is 8.66. The van der Waals surface area contributed by atoms with Gasteiger partial charge in [-0.2, -0.15) is 0 Å². The second kappa shape index (κ2) is 9.36. The molecule has 2 N–H and O–H groups in total. The monoisotopic (exact) mass is 395 g/mol. The van der Waals surface area contributed by atoms with Gasteiger partial charge >= 0.3 is 0 Å². The van der Waals surface area contributed by atoms with E-state index in [1.807, 2.05) is 0 Å². The van der Waals surface area contributed by atoms with Gasteiger partial charge in [0.15, 0.2) is 5.82 Å². The minimum Gasteiger partial charge on any atom is -0.481 e. The molecule has 3 rings (SSSR count). The molecule has 0 saturated carbocycles. The molecule has 0 atom stereocenters. The van der Waals surface area contributed by atoms with Crippen molar-refractivity contribution in [3.05, 3.63) is 83.3 Å². The summed E-state index contributed by atoms with van der Waals surface area (Å²) in [5, 5.41) is 5.41. The van der Waals surface area contributed by atoms with Crippen LogP contribution in [-0.2, 0) is 13.1 Å². The summed E-state index contributed by atoms with van der Waals surface area (Å²) in [4.78, 5) is 36.1. The highest BCUT2D eigenvalue weighted by Gasteiger charge is 2.11. The van der Waals surface area contributed by atoms with Crippen LogP contribution < -0.4 is 15.4 Å². The summed E-state index contributed by atoms with van der Waals surface area (Å²) in [6, 6.07) is 7.90. The number of ether oxygens (including phenoxy) is 1. The van der Waals surface area contributed by atoms with Crippen molar-refractivity contribution in [2.45, 2.75) is 13.1 Å². The van der Waals surface area contributed by atoms with E-state index in [0.717, 1.165) is 11.8 Å². The first-order chi connectivity index (χ1) is 14.1. The van der Waals surface area contributed by atoms with Gasteiger partial charge in [0, 0.05) is 36.8 Å². The summed E-state index contributed by atoms with van der Waals surface area (Å²) >= 11 is 0. The third-order valence-electron chi connectivity index (χ3n) is 3.99. The molecule has 0 spiro atoms. The Morgan fingerprint density at radius 1 is 1.00 bits per heavy atom. The van der Waals surface area contributed by atoms with Crippen LogP contribution in [0.3, 0.4) is 0 Å². The quantitative estimate of drug-likeness (QED) is 0.633. The van der Waals surface area contributed by atoms with Crippen LogP contribution in [0.25, 0.3) is 0 Å². The zero-order chi connectivity index (χ0) is 20.6. The molecule has 29 heavy (non-hydrogen) atoms. The Hall–Kier alpha value is -3.88. The SMILES string of the molecule is COc1cc(C(=O)NCc2cc(CNC(=O)c3ccncc3F)ccn2)ccn1. The molecule has 0 aliphatic heterocycles. The highest BCUT2D eigenvalue weighted by molar-refractivity contribution is 5.94. The maximum Gasteiger partial charge on any atom is 0.254 e. The highest BCUT2D eigenvalue weighted by atomic mass is 19.1. The molecule has 9 heteroatoms. The summed E-state index contributed by atoms with van der Waals surface area (Å²) in [6.45, 7) is 0.385. The number of halogens is 1. The Balaban J connectivity index is 1.57. The summed E-state index contributed by atoms with van der Waals surface area (Å²) in [5.74, 6) is -1.17. The molecule has 0 unspecified atom stereocenters. The number of nitrogens with zero attached hydrogens (tertiary/aromatic N) is 3. The maximum atomic E-state index is 13.6. The van der Waals surface area contributed by atoms with E-state index in [2.05, 4.69) is 25.6 Å². The molecule has 2 amide bonds. The van der Waals surface area contributed by atoms with E-state index in [1.54, 1.807) is 24.4 Å². The molecule has 0 fully saturated rings. The fourth-order valence-electron chi connectivity index (χ4n) is 2.51. The molecule has 3 aromatic rings. The van der Waals surface area contributed by atoms with Crippen LogP contribution in [-0.4, -0.2) is 33.9 Å². The van der Waals surface area contributed by atoms with Crippen molar-refractivity contribution < 1.29 is 18.7 Å². The Morgan fingerprint density at radius 3 is 2.59 bits per heavy atom. The van der Waals surface area contributed by atoms with Crippen LogP contribution >= 0.6 is 0 Å². The highest BCUT2D eigenvalue weighted by Crippen LogP contribution is 2.09. The van der Waals surface area contributed by atoms with Crippen molar-refractivity contribution in [2.75, 3.05) is 7.11 Å². The summed E-state index contributed by atoms with van der Waals surface area (Å²) in [6.07, 6.45) is 5.40. The van der Waals surface area contributed by atoms with E-state index < -0.39 is 11.7 Å². The second-order valence-electron chi connectivity index (χ2n) is 5.96. The van der Waals surface area contributed by atoms with Gasteiger partial charge in [0.2, 0.25) is 5.88 Å². The number of carbonyl (C=O) groups is 2. The normalized spacial score (nSPS) is 10.3. The van der Waals surface area contributed by atoms with Gasteiger partial charge < -0.3 is 15.4 Å². The van der Waals surface area contributed by atoms with Crippen LogP contribution in [0.2, 0.25) is 0 Å². The third-order valence-corrected chi connectivity index (χ3v) is 3.99. The number of methoxy groups -OCH3 is 1. The lowest BCUT2D eigenvalue weighted by atomic mass is 10.2. The predicted octanol–water partition coefficient (Wildman–Crippen LogP) is 1.88. The molecule has 0 radical (unpaired) electrons. The van der Waals surface area contributed by atoms with E-state index in [4.69, 9.17) is 4.74 Å². The first-order valence-electron chi connectivity index (χ1n) is 8.66. The van der Waals surface area contributed by atoms with Crippen LogP contribution in [0.5, 0.6) is 5.88 Å². The number of hydrogen-bond donors (Lipinski definition) is 2. The number of nitrogens with one attached hydrogen (secondary N) is 2.